The molecule has 3 N–H and O–H groups in total. The minimum Gasteiger partial charge on any atom is -0.464 e. The minimum atomic E-state index is 0.454. The second kappa shape index (κ2) is 10.1. The van der Waals surface area contributed by atoms with Crippen molar-refractivity contribution in [2.45, 2.75) is 32.2 Å². The number of guanidine groups is 1. The molecule has 0 aliphatic heterocycles. The lowest BCUT2D eigenvalue weighted by atomic mass is 10.3. The number of nitriles is 1. The van der Waals surface area contributed by atoms with Crippen LogP contribution in [0.4, 0.5) is 0 Å². The number of thioether (sulfide) groups is 1. The highest BCUT2D eigenvalue weighted by molar-refractivity contribution is 7.98. The summed E-state index contributed by atoms with van der Waals surface area (Å²) in [4.78, 5) is 3.91. The number of nitrogens with zero attached hydrogens (tertiary/aromatic N) is 2. The third kappa shape index (κ3) is 7.63. The maximum Gasteiger partial charge on any atom is 0.204 e. The Morgan fingerprint density at radius 1 is 1.43 bits per heavy atom. The fourth-order valence-electron chi connectivity index (χ4n) is 1.55. The first-order valence-electron chi connectivity index (χ1n) is 6.90. The van der Waals surface area contributed by atoms with E-state index >= 15 is 0 Å². The molecule has 0 aliphatic carbocycles. The summed E-state index contributed by atoms with van der Waals surface area (Å²) in [5.74, 6) is 4.20. The molecule has 0 unspecified atom stereocenters. The van der Waals surface area contributed by atoms with Gasteiger partial charge in [0.05, 0.1) is 12.3 Å². The van der Waals surface area contributed by atoms with Gasteiger partial charge >= 0.3 is 0 Å². The molecule has 7 heteroatoms. The molecule has 0 amide bonds. The first-order valence-corrected chi connectivity index (χ1v) is 8.05. The van der Waals surface area contributed by atoms with Gasteiger partial charge in [-0.25, -0.2) is 0 Å². The van der Waals surface area contributed by atoms with Crippen LogP contribution in [-0.4, -0.2) is 31.3 Å². The van der Waals surface area contributed by atoms with Gasteiger partial charge in [-0.1, -0.05) is 13.8 Å². The summed E-state index contributed by atoms with van der Waals surface area (Å²) >= 11 is 1.77. The Bertz CT molecular complexity index is 478. The monoisotopic (exact) mass is 309 g/mol. The minimum absolute atomic E-state index is 0.454. The Kier molecular flexibility index (Phi) is 8.40. The first-order chi connectivity index (χ1) is 10.2. The lowest BCUT2D eigenvalue weighted by Crippen LogP contribution is -2.35. The predicted octanol–water partition coefficient (Wildman–Crippen LogP) is 1.66. The van der Waals surface area contributed by atoms with Crippen molar-refractivity contribution in [2.24, 2.45) is 4.99 Å². The van der Waals surface area contributed by atoms with Gasteiger partial charge in [0.1, 0.15) is 11.5 Å². The third-order valence-corrected chi connectivity index (χ3v) is 3.56. The van der Waals surface area contributed by atoms with E-state index < -0.39 is 0 Å². The molecule has 1 aromatic rings. The maximum absolute atomic E-state index is 8.49. The molecule has 1 aromatic heterocycles. The molecular weight excluding hydrogens is 286 g/mol. The molecule has 0 saturated heterocycles. The lowest BCUT2D eigenvalue weighted by molar-refractivity contribution is 0.445. The van der Waals surface area contributed by atoms with Crippen molar-refractivity contribution in [1.82, 2.24) is 16.0 Å². The normalized spacial score (nSPS) is 11.5. The van der Waals surface area contributed by atoms with Crippen LogP contribution in [0.3, 0.4) is 0 Å². The van der Waals surface area contributed by atoms with Gasteiger partial charge in [-0.15, -0.1) is 0 Å². The summed E-state index contributed by atoms with van der Waals surface area (Å²) in [5, 5.41) is 17.3. The van der Waals surface area contributed by atoms with E-state index in [0.29, 0.717) is 12.0 Å². The van der Waals surface area contributed by atoms with Crippen molar-refractivity contribution in [3.63, 3.8) is 0 Å². The number of aliphatic imine (C=N–C) groups is 1. The highest BCUT2D eigenvalue weighted by Crippen LogP contribution is 2.15. The van der Waals surface area contributed by atoms with Crippen LogP contribution in [0.15, 0.2) is 21.5 Å². The molecule has 0 aliphatic rings. The van der Waals surface area contributed by atoms with Gasteiger partial charge in [-0.3, -0.25) is 10.3 Å². The Balaban J connectivity index is 2.17. The second-order valence-electron chi connectivity index (χ2n) is 4.69. The highest BCUT2D eigenvalue weighted by Gasteiger charge is 2.03. The average Bonchev–Trinajstić information content (AvgIpc) is 2.91. The molecule has 6 nitrogen and oxygen atoms in total. The van der Waals surface area contributed by atoms with E-state index in [4.69, 9.17) is 9.68 Å². The van der Waals surface area contributed by atoms with Gasteiger partial charge in [0.2, 0.25) is 5.96 Å². The summed E-state index contributed by atoms with van der Waals surface area (Å²) in [7, 11) is 1.63. The summed E-state index contributed by atoms with van der Waals surface area (Å²) in [5.41, 5.74) is 0. The molecule has 21 heavy (non-hydrogen) atoms. The fraction of sp³-hybridized carbons (Fsp3) is 0.571. The Hall–Kier alpha value is -1.65. The zero-order valence-corrected chi connectivity index (χ0v) is 13.6. The van der Waals surface area contributed by atoms with Gasteiger partial charge in [-0.05, 0) is 12.1 Å². The van der Waals surface area contributed by atoms with Crippen LogP contribution in [0.2, 0.25) is 0 Å². The molecule has 1 heterocycles. The highest BCUT2D eigenvalue weighted by atomic mass is 32.2. The molecule has 0 atom stereocenters. The molecule has 1 rings (SSSR count). The molecule has 0 bridgehead atoms. The van der Waals surface area contributed by atoms with Crippen LogP contribution >= 0.6 is 11.8 Å². The molecule has 0 fully saturated rings. The second-order valence-corrected chi connectivity index (χ2v) is 5.80. The van der Waals surface area contributed by atoms with E-state index in [0.717, 1.165) is 36.1 Å². The number of hydrogen-bond donors (Lipinski definition) is 3. The van der Waals surface area contributed by atoms with E-state index in [1.165, 1.54) is 0 Å². The van der Waals surface area contributed by atoms with Gasteiger partial charge < -0.3 is 15.1 Å². The van der Waals surface area contributed by atoms with E-state index in [1.807, 2.05) is 18.3 Å². The Labute approximate surface area is 130 Å². The molecule has 0 saturated carbocycles. The SMILES string of the molecule is C/N=C(\NC#N)NCCSCc1ccc(CNC(C)C)o1. The molecule has 0 aromatic carbocycles. The van der Waals surface area contributed by atoms with Crippen molar-refractivity contribution < 1.29 is 4.42 Å². The van der Waals surface area contributed by atoms with E-state index in [9.17, 15) is 0 Å². The van der Waals surface area contributed by atoms with Gasteiger partial charge in [-0.2, -0.15) is 17.0 Å². The molecule has 116 valence electrons. The van der Waals surface area contributed by atoms with Crippen molar-refractivity contribution in [3.8, 4) is 6.19 Å². The summed E-state index contributed by atoms with van der Waals surface area (Å²) in [6, 6.07) is 4.49. The van der Waals surface area contributed by atoms with Gasteiger partial charge in [0.15, 0.2) is 6.19 Å². The van der Waals surface area contributed by atoms with E-state index in [2.05, 4.69) is 34.8 Å². The number of nitrogens with one attached hydrogen (secondary N) is 3. The summed E-state index contributed by atoms with van der Waals surface area (Å²) < 4.78 is 5.74. The molecule has 0 spiro atoms. The molecule has 0 radical (unpaired) electrons. The Morgan fingerprint density at radius 3 is 2.86 bits per heavy atom. The van der Waals surface area contributed by atoms with E-state index in [-0.39, 0.29) is 0 Å². The quantitative estimate of drug-likeness (QED) is 0.223. The van der Waals surface area contributed by atoms with Crippen molar-refractivity contribution in [1.29, 1.82) is 5.26 Å². The third-order valence-electron chi connectivity index (χ3n) is 2.58. The maximum atomic E-state index is 8.49. The predicted molar refractivity (Wildman–Crippen MR) is 87.0 cm³/mol. The Morgan fingerprint density at radius 2 is 2.19 bits per heavy atom. The first kappa shape index (κ1) is 17.4. The van der Waals surface area contributed by atoms with Gasteiger partial charge in [0, 0.05) is 25.4 Å². The smallest absolute Gasteiger partial charge is 0.204 e. The average molecular weight is 309 g/mol. The topological polar surface area (TPSA) is 85.4 Å². The zero-order chi connectivity index (χ0) is 15.5. The zero-order valence-electron chi connectivity index (χ0n) is 12.8. The summed E-state index contributed by atoms with van der Waals surface area (Å²) in [6.07, 6.45) is 1.84. The van der Waals surface area contributed by atoms with E-state index in [1.54, 1.807) is 18.8 Å². The molecular formula is C14H23N5OS. The van der Waals surface area contributed by atoms with Crippen LogP contribution in [0.5, 0.6) is 0 Å². The number of hydrogen-bond acceptors (Lipinski definition) is 5. The summed E-state index contributed by atoms with van der Waals surface area (Å²) in [6.45, 7) is 5.73. The van der Waals surface area contributed by atoms with Crippen LogP contribution in [0, 0.1) is 11.5 Å². The van der Waals surface area contributed by atoms with Crippen molar-refractivity contribution in [3.05, 3.63) is 23.7 Å². The van der Waals surface area contributed by atoms with Crippen molar-refractivity contribution >= 4 is 17.7 Å². The number of rotatable bonds is 8. The van der Waals surface area contributed by atoms with Crippen molar-refractivity contribution in [2.75, 3.05) is 19.3 Å². The van der Waals surface area contributed by atoms with Crippen LogP contribution in [-0.2, 0) is 12.3 Å². The fourth-order valence-corrected chi connectivity index (χ4v) is 2.29. The largest absolute Gasteiger partial charge is 0.464 e. The lowest BCUT2D eigenvalue weighted by Gasteiger charge is -2.06. The van der Waals surface area contributed by atoms with Crippen LogP contribution in [0.25, 0.3) is 0 Å². The van der Waals surface area contributed by atoms with Crippen LogP contribution < -0.4 is 16.0 Å². The standard InChI is InChI=1S/C14H23N5OS/c1-11(2)18-8-12-4-5-13(20-12)9-21-7-6-17-14(16-3)19-10-15/h4-5,11,18H,6-9H2,1-3H3,(H2,16,17,19). The number of furan rings is 1. The van der Waals surface area contributed by atoms with Crippen LogP contribution in [0.1, 0.15) is 25.4 Å². The van der Waals surface area contributed by atoms with Gasteiger partial charge in [0.25, 0.3) is 0 Å².